The lowest BCUT2D eigenvalue weighted by Gasteiger charge is -2.25. The highest BCUT2D eigenvalue weighted by molar-refractivity contribution is 7.89. The number of fused-ring (bicyclic) bond motifs is 1. The second-order valence-corrected chi connectivity index (χ2v) is 9.07. The molecule has 0 saturated carbocycles. The van der Waals surface area contributed by atoms with Gasteiger partial charge in [-0.3, -0.25) is 4.79 Å². The number of carbonyl (C=O) groups is 1. The van der Waals surface area contributed by atoms with Gasteiger partial charge in [-0.25, -0.2) is 12.8 Å². The fraction of sp³-hybridized carbons (Fsp3) is 0.174. The third-order valence-electron chi connectivity index (χ3n) is 5.15. The summed E-state index contributed by atoms with van der Waals surface area (Å²) >= 11 is 0. The van der Waals surface area contributed by atoms with Crippen LogP contribution in [-0.2, 0) is 27.8 Å². The SMILES string of the molecule is O=C(CN(Cc1ccccc1)S(=O)(=O)c1ccc(F)cc1)N1CCc2ccccc21. The number of amides is 1. The van der Waals surface area contributed by atoms with Gasteiger partial charge in [-0.15, -0.1) is 0 Å². The van der Waals surface area contributed by atoms with E-state index in [9.17, 15) is 17.6 Å². The van der Waals surface area contributed by atoms with Crippen LogP contribution in [0.1, 0.15) is 11.1 Å². The molecule has 1 aliphatic rings. The van der Waals surface area contributed by atoms with Crippen molar-refractivity contribution >= 4 is 21.6 Å². The molecule has 7 heteroatoms. The van der Waals surface area contributed by atoms with Crippen LogP contribution >= 0.6 is 0 Å². The van der Waals surface area contributed by atoms with E-state index in [4.69, 9.17) is 0 Å². The highest BCUT2D eigenvalue weighted by atomic mass is 32.2. The predicted molar refractivity (Wildman–Crippen MR) is 113 cm³/mol. The Morgan fingerprint density at radius 2 is 1.60 bits per heavy atom. The molecule has 3 aromatic rings. The van der Waals surface area contributed by atoms with Crippen molar-refractivity contribution in [2.75, 3.05) is 18.0 Å². The van der Waals surface area contributed by atoms with Crippen LogP contribution < -0.4 is 4.90 Å². The van der Waals surface area contributed by atoms with E-state index in [2.05, 4.69) is 0 Å². The van der Waals surface area contributed by atoms with Crippen molar-refractivity contribution in [1.82, 2.24) is 4.31 Å². The first-order valence-corrected chi connectivity index (χ1v) is 11.1. The Labute approximate surface area is 175 Å². The van der Waals surface area contributed by atoms with E-state index in [1.165, 1.54) is 12.1 Å². The molecule has 0 unspecified atom stereocenters. The van der Waals surface area contributed by atoms with Crippen LogP contribution in [0.25, 0.3) is 0 Å². The average Bonchev–Trinajstić information content (AvgIpc) is 3.18. The molecule has 0 fully saturated rings. The average molecular weight is 424 g/mol. The van der Waals surface area contributed by atoms with E-state index in [1.807, 2.05) is 54.6 Å². The number of benzene rings is 3. The monoisotopic (exact) mass is 424 g/mol. The molecule has 30 heavy (non-hydrogen) atoms. The molecule has 4 rings (SSSR count). The van der Waals surface area contributed by atoms with Crippen molar-refractivity contribution in [2.45, 2.75) is 17.9 Å². The first-order valence-electron chi connectivity index (χ1n) is 9.63. The van der Waals surface area contributed by atoms with Gasteiger partial charge in [0.05, 0.1) is 11.4 Å². The summed E-state index contributed by atoms with van der Waals surface area (Å²) in [6.45, 7) is 0.263. The molecule has 0 atom stereocenters. The van der Waals surface area contributed by atoms with E-state index >= 15 is 0 Å². The number of halogens is 1. The summed E-state index contributed by atoms with van der Waals surface area (Å²) in [7, 11) is -4.00. The fourth-order valence-corrected chi connectivity index (χ4v) is 4.98. The van der Waals surface area contributed by atoms with Crippen molar-refractivity contribution in [2.24, 2.45) is 0 Å². The molecule has 5 nitrogen and oxygen atoms in total. The second-order valence-electron chi connectivity index (χ2n) is 7.14. The topological polar surface area (TPSA) is 57.7 Å². The number of nitrogens with zero attached hydrogens (tertiary/aromatic N) is 2. The highest BCUT2D eigenvalue weighted by Crippen LogP contribution is 2.28. The van der Waals surface area contributed by atoms with Gasteiger partial charge in [0.2, 0.25) is 15.9 Å². The van der Waals surface area contributed by atoms with Gasteiger partial charge in [0.15, 0.2) is 0 Å². The van der Waals surface area contributed by atoms with Crippen LogP contribution in [0, 0.1) is 5.82 Å². The summed E-state index contributed by atoms with van der Waals surface area (Å²) in [4.78, 5) is 14.7. The summed E-state index contributed by atoms with van der Waals surface area (Å²) in [5, 5.41) is 0. The zero-order valence-corrected chi connectivity index (χ0v) is 17.1. The molecule has 1 aliphatic heterocycles. The molecule has 1 amide bonds. The van der Waals surface area contributed by atoms with E-state index in [1.54, 1.807) is 4.90 Å². The Balaban J connectivity index is 1.64. The van der Waals surface area contributed by atoms with Crippen LogP contribution in [0.3, 0.4) is 0 Å². The van der Waals surface area contributed by atoms with Gasteiger partial charge in [-0.05, 0) is 47.9 Å². The van der Waals surface area contributed by atoms with Crippen molar-refractivity contribution in [3.05, 3.63) is 95.8 Å². The maximum absolute atomic E-state index is 13.3. The molecule has 0 radical (unpaired) electrons. The quantitative estimate of drug-likeness (QED) is 0.608. The van der Waals surface area contributed by atoms with E-state index in [-0.39, 0.29) is 23.9 Å². The Kier molecular flexibility index (Phi) is 5.65. The smallest absolute Gasteiger partial charge is 0.243 e. The first-order chi connectivity index (χ1) is 14.4. The van der Waals surface area contributed by atoms with Crippen LogP contribution in [0.4, 0.5) is 10.1 Å². The molecular formula is C23H21FN2O3S. The Bertz CT molecular complexity index is 1150. The zero-order valence-electron chi connectivity index (χ0n) is 16.2. The fourth-order valence-electron chi connectivity index (χ4n) is 3.60. The third kappa shape index (κ3) is 4.13. The minimum atomic E-state index is -4.00. The van der Waals surface area contributed by atoms with Gasteiger partial charge >= 0.3 is 0 Å². The molecule has 3 aromatic carbocycles. The van der Waals surface area contributed by atoms with Crippen LogP contribution in [0.15, 0.2) is 83.8 Å². The van der Waals surface area contributed by atoms with E-state index in [0.29, 0.717) is 6.54 Å². The van der Waals surface area contributed by atoms with Gasteiger partial charge in [-0.2, -0.15) is 4.31 Å². The summed E-state index contributed by atoms with van der Waals surface area (Å²) in [5.41, 5.74) is 2.65. The number of anilines is 1. The normalized spacial score (nSPS) is 13.5. The summed E-state index contributed by atoms with van der Waals surface area (Å²) in [5.74, 6) is -0.810. The number of sulfonamides is 1. The first kappa shape index (κ1) is 20.3. The minimum Gasteiger partial charge on any atom is -0.311 e. The van der Waals surface area contributed by atoms with Gasteiger partial charge in [-0.1, -0.05) is 48.5 Å². The molecule has 154 valence electrons. The Hall–Kier alpha value is -3.03. The van der Waals surface area contributed by atoms with Crippen LogP contribution in [0.2, 0.25) is 0 Å². The third-order valence-corrected chi connectivity index (χ3v) is 6.96. The molecule has 1 heterocycles. The Morgan fingerprint density at radius 3 is 2.33 bits per heavy atom. The second kappa shape index (κ2) is 8.38. The molecule has 0 spiro atoms. The lowest BCUT2D eigenvalue weighted by atomic mass is 10.2. The number of para-hydroxylation sites is 1. The van der Waals surface area contributed by atoms with Crippen LogP contribution in [0.5, 0.6) is 0 Å². The van der Waals surface area contributed by atoms with Crippen molar-refractivity contribution in [3.63, 3.8) is 0 Å². The number of hydrogen-bond donors (Lipinski definition) is 0. The predicted octanol–water partition coefficient (Wildman–Crippen LogP) is 3.61. The molecule has 0 N–H and O–H groups in total. The minimum absolute atomic E-state index is 0.0434. The molecular weight excluding hydrogens is 403 g/mol. The molecule has 0 aliphatic carbocycles. The van der Waals surface area contributed by atoms with Gasteiger partial charge < -0.3 is 4.90 Å². The standard InChI is InChI=1S/C23H21FN2O3S/c24-20-10-12-21(13-11-20)30(28,29)25(16-18-6-2-1-3-7-18)17-23(27)26-15-14-19-8-4-5-9-22(19)26/h1-13H,14-17H2. The Morgan fingerprint density at radius 1 is 0.933 bits per heavy atom. The molecule has 0 saturated heterocycles. The molecule has 0 bridgehead atoms. The lowest BCUT2D eigenvalue weighted by molar-refractivity contribution is -0.118. The summed E-state index contributed by atoms with van der Waals surface area (Å²) < 4.78 is 41.0. The van der Waals surface area contributed by atoms with E-state index < -0.39 is 15.8 Å². The number of hydrogen-bond acceptors (Lipinski definition) is 3. The maximum Gasteiger partial charge on any atom is 0.243 e. The summed E-state index contributed by atoms with van der Waals surface area (Å²) in [6, 6.07) is 21.4. The highest BCUT2D eigenvalue weighted by Gasteiger charge is 2.31. The lowest BCUT2D eigenvalue weighted by Crippen LogP contribution is -2.42. The van der Waals surface area contributed by atoms with Gasteiger partial charge in [0.25, 0.3) is 0 Å². The van der Waals surface area contributed by atoms with Crippen molar-refractivity contribution in [1.29, 1.82) is 0 Å². The van der Waals surface area contributed by atoms with Gasteiger partial charge in [0, 0.05) is 18.8 Å². The largest absolute Gasteiger partial charge is 0.311 e. The zero-order chi connectivity index (χ0) is 21.1. The summed E-state index contributed by atoms with van der Waals surface area (Å²) in [6.07, 6.45) is 0.741. The van der Waals surface area contributed by atoms with Crippen molar-refractivity contribution < 1.29 is 17.6 Å². The molecule has 0 aromatic heterocycles. The van der Waals surface area contributed by atoms with Crippen molar-refractivity contribution in [3.8, 4) is 0 Å². The number of rotatable bonds is 6. The number of carbonyl (C=O) groups excluding carboxylic acids is 1. The van der Waals surface area contributed by atoms with Crippen LogP contribution in [-0.4, -0.2) is 31.7 Å². The van der Waals surface area contributed by atoms with Gasteiger partial charge in [0.1, 0.15) is 5.82 Å². The maximum atomic E-state index is 13.3. The van der Waals surface area contributed by atoms with E-state index in [0.717, 1.165) is 39.7 Å².